The van der Waals surface area contributed by atoms with Crippen LogP contribution in [-0.4, -0.2) is 53.4 Å². The summed E-state index contributed by atoms with van der Waals surface area (Å²) in [5.74, 6) is -0.866. The molecule has 0 spiro atoms. The Labute approximate surface area is 213 Å². The van der Waals surface area contributed by atoms with Gasteiger partial charge >= 0.3 is 0 Å². The van der Waals surface area contributed by atoms with Crippen molar-refractivity contribution < 1.29 is 19.0 Å². The minimum atomic E-state index is -0.614. The van der Waals surface area contributed by atoms with Gasteiger partial charge in [-0.05, 0) is 54.8 Å². The van der Waals surface area contributed by atoms with Crippen LogP contribution >= 0.6 is 0 Å². The zero-order chi connectivity index (χ0) is 26.2. The molecule has 10 heteroatoms. The van der Waals surface area contributed by atoms with Crippen molar-refractivity contribution in [2.24, 2.45) is 0 Å². The van der Waals surface area contributed by atoms with Gasteiger partial charge in [0.15, 0.2) is 0 Å². The first-order valence-electron chi connectivity index (χ1n) is 12.0. The zero-order valence-electron chi connectivity index (χ0n) is 20.6. The number of halogens is 1. The highest BCUT2D eigenvalue weighted by atomic mass is 19.1. The van der Waals surface area contributed by atoms with Crippen molar-refractivity contribution in [1.29, 1.82) is 5.26 Å². The van der Waals surface area contributed by atoms with Crippen LogP contribution in [0.15, 0.2) is 36.5 Å². The first kappa shape index (κ1) is 24.6. The van der Waals surface area contributed by atoms with Gasteiger partial charge < -0.3 is 25.8 Å². The number of aliphatic hydroxyl groups is 1. The summed E-state index contributed by atoms with van der Waals surface area (Å²) in [7, 11) is 0. The van der Waals surface area contributed by atoms with Crippen molar-refractivity contribution in [3.63, 3.8) is 0 Å². The first-order chi connectivity index (χ1) is 17.8. The minimum Gasteiger partial charge on any atom is -0.395 e. The third-order valence-electron chi connectivity index (χ3n) is 6.93. The number of carbonyl (C=O) groups is 1. The molecule has 3 heterocycles. The van der Waals surface area contributed by atoms with Crippen LogP contribution < -0.4 is 16.0 Å². The number of aliphatic hydroxyl groups excluding tert-OH is 1. The van der Waals surface area contributed by atoms with Crippen molar-refractivity contribution in [3.8, 4) is 17.3 Å². The van der Waals surface area contributed by atoms with Gasteiger partial charge in [-0.25, -0.2) is 14.4 Å². The van der Waals surface area contributed by atoms with Crippen molar-refractivity contribution in [1.82, 2.24) is 15.3 Å². The molecular weight excluding hydrogens is 475 g/mol. The fourth-order valence-corrected chi connectivity index (χ4v) is 4.66. The van der Waals surface area contributed by atoms with E-state index in [1.54, 1.807) is 25.3 Å². The van der Waals surface area contributed by atoms with Gasteiger partial charge in [0.2, 0.25) is 5.95 Å². The van der Waals surface area contributed by atoms with Crippen LogP contribution in [-0.2, 0) is 10.2 Å². The Kier molecular flexibility index (Phi) is 6.50. The van der Waals surface area contributed by atoms with E-state index in [0.29, 0.717) is 54.3 Å². The summed E-state index contributed by atoms with van der Waals surface area (Å²) >= 11 is 0. The average molecular weight is 503 g/mol. The largest absolute Gasteiger partial charge is 0.395 e. The average Bonchev–Trinajstić information content (AvgIpc) is 3.53. The number of hydrogen-bond acceptors (Lipinski definition) is 8. The number of nitrogens with one attached hydrogen (secondary N) is 3. The molecule has 0 aliphatic carbocycles. The number of anilines is 3. The Bertz CT molecular complexity index is 1420. The smallest absolute Gasteiger partial charge is 0.254 e. The van der Waals surface area contributed by atoms with E-state index in [4.69, 9.17) is 4.74 Å². The second kappa shape index (κ2) is 9.76. The number of nitrogens with zero attached hydrogens (tertiary/aromatic N) is 3. The highest BCUT2D eigenvalue weighted by Gasteiger charge is 2.36. The van der Waals surface area contributed by atoms with Crippen LogP contribution in [0.5, 0.6) is 0 Å². The number of benzene rings is 2. The number of ether oxygens (including phenoxy) is 1. The number of amides is 1. The fourth-order valence-electron chi connectivity index (χ4n) is 4.66. The molecule has 4 N–H and O–H groups in total. The van der Waals surface area contributed by atoms with E-state index in [0.717, 1.165) is 11.3 Å². The lowest BCUT2D eigenvalue weighted by molar-refractivity contribution is 0.0926. The molecule has 2 atom stereocenters. The molecule has 1 amide bonds. The molecule has 1 aromatic heterocycles. The maximum Gasteiger partial charge on any atom is 0.254 e. The van der Waals surface area contributed by atoms with Crippen LogP contribution in [0, 0.1) is 24.1 Å². The molecule has 0 radical (unpaired) electrons. The molecule has 0 saturated carbocycles. The Morgan fingerprint density at radius 3 is 2.95 bits per heavy atom. The molecule has 2 aliphatic rings. The van der Waals surface area contributed by atoms with Gasteiger partial charge in [-0.2, -0.15) is 5.26 Å². The topological polar surface area (TPSA) is 132 Å². The maximum atomic E-state index is 14.7. The standard InChI is InChI=1S/C27H27FN6O3/c1-15-7-21(28)19(25(36)32-18-4-6-37-12-18)10-23(15)34-26-30-5-3-22(33-26)16-8-17(11-29)24-20(9-16)27(2,14-35)13-31-24/h3,5,7-10,18,31,35H,4,6,12-14H2,1-2H3,(H,32,36)(H,30,33,34)/t18?,27-/m1/s1. The van der Waals surface area contributed by atoms with Crippen LogP contribution in [0.1, 0.15) is 40.4 Å². The van der Waals surface area contributed by atoms with Gasteiger partial charge in [-0.15, -0.1) is 0 Å². The van der Waals surface area contributed by atoms with E-state index < -0.39 is 17.1 Å². The highest BCUT2D eigenvalue weighted by molar-refractivity contribution is 5.96. The number of nitriles is 1. The Morgan fingerprint density at radius 1 is 1.38 bits per heavy atom. The minimum absolute atomic E-state index is 0.0641. The van der Waals surface area contributed by atoms with E-state index in [-0.39, 0.29) is 24.2 Å². The molecule has 2 aliphatic heterocycles. The Hall–Kier alpha value is -4.07. The van der Waals surface area contributed by atoms with Crippen LogP contribution in [0.25, 0.3) is 11.3 Å². The van der Waals surface area contributed by atoms with E-state index in [9.17, 15) is 19.6 Å². The van der Waals surface area contributed by atoms with Crippen LogP contribution in [0.4, 0.5) is 21.7 Å². The molecule has 1 unspecified atom stereocenters. The monoisotopic (exact) mass is 502 g/mol. The van der Waals surface area contributed by atoms with Crippen molar-refractivity contribution in [3.05, 3.63) is 64.6 Å². The van der Waals surface area contributed by atoms with Gasteiger partial charge in [0.1, 0.15) is 11.9 Å². The molecule has 1 fully saturated rings. The predicted molar refractivity (Wildman–Crippen MR) is 136 cm³/mol. The molecule has 37 heavy (non-hydrogen) atoms. The van der Waals surface area contributed by atoms with Crippen LogP contribution in [0.2, 0.25) is 0 Å². The maximum absolute atomic E-state index is 14.7. The number of fused-ring (bicyclic) bond motifs is 1. The summed E-state index contributed by atoms with van der Waals surface area (Å²) in [6, 6.07) is 10.2. The molecule has 3 aromatic rings. The first-order valence-corrected chi connectivity index (χ1v) is 12.0. The molecule has 2 aromatic carbocycles. The van der Waals surface area contributed by atoms with Crippen LogP contribution in [0.3, 0.4) is 0 Å². The molecular formula is C27H27FN6O3. The summed E-state index contributed by atoms with van der Waals surface area (Å²) in [5, 5.41) is 28.8. The third-order valence-corrected chi connectivity index (χ3v) is 6.93. The SMILES string of the molecule is Cc1cc(F)c(C(=O)NC2CCOC2)cc1Nc1nccc(-c2cc(C#N)c3c(c2)[C@@](C)(CO)CN3)n1. The lowest BCUT2D eigenvalue weighted by Gasteiger charge is -2.21. The van der Waals surface area contributed by atoms with E-state index in [1.165, 1.54) is 12.1 Å². The van der Waals surface area contributed by atoms with Crippen molar-refractivity contribution >= 4 is 23.2 Å². The highest BCUT2D eigenvalue weighted by Crippen LogP contribution is 2.41. The number of hydrogen-bond donors (Lipinski definition) is 4. The number of aryl methyl sites for hydroxylation is 1. The predicted octanol–water partition coefficient (Wildman–Crippen LogP) is 3.40. The molecule has 9 nitrogen and oxygen atoms in total. The second-order valence-corrected chi connectivity index (χ2v) is 9.70. The van der Waals surface area contributed by atoms with Crippen molar-refractivity contribution in [2.45, 2.75) is 31.7 Å². The summed E-state index contributed by atoms with van der Waals surface area (Å²) in [6.45, 7) is 5.11. The van der Waals surface area contributed by atoms with E-state index >= 15 is 0 Å². The van der Waals surface area contributed by atoms with Gasteiger partial charge in [-0.1, -0.05) is 6.92 Å². The van der Waals surface area contributed by atoms with Gasteiger partial charge in [0.25, 0.3) is 5.91 Å². The van der Waals surface area contributed by atoms with Gasteiger partial charge in [0, 0.05) is 36.0 Å². The Balaban J connectivity index is 1.45. The lowest BCUT2D eigenvalue weighted by Crippen LogP contribution is -2.35. The lowest BCUT2D eigenvalue weighted by atomic mass is 9.83. The molecule has 5 rings (SSSR count). The molecule has 190 valence electrons. The fraction of sp³-hybridized carbons (Fsp3) is 0.333. The normalized spacial score (nSPS) is 20.1. The summed E-state index contributed by atoms with van der Waals surface area (Å²) in [4.78, 5) is 21.6. The van der Waals surface area contributed by atoms with Gasteiger partial charge in [-0.3, -0.25) is 4.79 Å². The van der Waals surface area contributed by atoms with E-state index in [2.05, 4.69) is 32.0 Å². The summed E-state index contributed by atoms with van der Waals surface area (Å²) < 4.78 is 19.9. The summed E-state index contributed by atoms with van der Waals surface area (Å²) in [5.41, 5.74) is 3.82. The number of aromatic nitrogens is 2. The number of rotatable bonds is 6. The zero-order valence-corrected chi connectivity index (χ0v) is 20.6. The van der Waals surface area contributed by atoms with Crippen molar-refractivity contribution in [2.75, 3.05) is 37.0 Å². The quantitative estimate of drug-likeness (QED) is 0.403. The van der Waals surface area contributed by atoms with Gasteiger partial charge in [0.05, 0.1) is 41.8 Å². The van der Waals surface area contributed by atoms with E-state index in [1.807, 2.05) is 13.0 Å². The molecule has 0 bridgehead atoms. The molecule has 1 saturated heterocycles. The Morgan fingerprint density at radius 2 is 2.22 bits per heavy atom. The number of carbonyl (C=O) groups excluding carboxylic acids is 1. The summed E-state index contributed by atoms with van der Waals surface area (Å²) in [6.07, 6.45) is 2.27. The third kappa shape index (κ3) is 4.71. The second-order valence-electron chi connectivity index (χ2n) is 9.70.